The smallest absolute Gasteiger partial charge is 0.348 e. The summed E-state index contributed by atoms with van der Waals surface area (Å²) in [5, 5.41) is 8.03. The number of carbonyl (C=O) groups is 3. The number of hydrogen-bond acceptors (Lipinski definition) is 6. The summed E-state index contributed by atoms with van der Waals surface area (Å²) < 4.78 is 7.04. The molecule has 0 fully saturated rings. The molecule has 2 amide bonds. The van der Waals surface area contributed by atoms with Crippen molar-refractivity contribution in [2.75, 3.05) is 11.9 Å². The Morgan fingerprint density at radius 2 is 1.93 bits per heavy atom. The van der Waals surface area contributed by atoms with Gasteiger partial charge < -0.3 is 15.8 Å². The number of benzene rings is 1. The molecule has 3 N–H and O–H groups in total. The maximum Gasteiger partial charge on any atom is 0.348 e. The number of ether oxygens (including phenoxy) is 1. The molecular weight excluding hydrogens is 392 g/mol. The van der Waals surface area contributed by atoms with Gasteiger partial charge in [-0.15, -0.1) is 11.3 Å². The number of esters is 1. The Kier molecular flexibility index (Phi) is 5.97. The molecule has 29 heavy (non-hydrogen) atoms. The molecule has 0 radical (unpaired) electrons. The molecule has 2 aromatic heterocycles. The summed E-state index contributed by atoms with van der Waals surface area (Å²) in [5.74, 6) is -1.16. The van der Waals surface area contributed by atoms with E-state index in [1.165, 1.54) is 23.5 Å². The van der Waals surface area contributed by atoms with E-state index in [0.717, 1.165) is 22.5 Å². The summed E-state index contributed by atoms with van der Waals surface area (Å²) in [6, 6.07) is 7.86. The number of nitrogens with one attached hydrogen (secondary N) is 1. The number of thiophene rings is 1. The van der Waals surface area contributed by atoms with Crippen LogP contribution in [0.5, 0.6) is 0 Å². The second kappa shape index (κ2) is 8.44. The molecule has 0 aliphatic heterocycles. The summed E-state index contributed by atoms with van der Waals surface area (Å²) >= 11 is 1.31. The van der Waals surface area contributed by atoms with E-state index >= 15 is 0 Å². The topological polar surface area (TPSA) is 116 Å². The molecule has 1 aromatic carbocycles. The van der Waals surface area contributed by atoms with Crippen LogP contribution < -0.4 is 11.1 Å². The molecule has 0 saturated carbocycles. The third-order valence-corrected chi connectivity index (χ3v) is 5.26. The zero-order valence-electron chi connectivity index (χ0n) is 16.4. The number of hydrogen-bond donors (Lipinski definition) is 2. The molecule has 0 aliphatic carbocycles. The Morgan fingerprint density at radius 1 is 1.24 bits per heavy atom. The molecule has 2 heterocycles. The lowest BCUT2D eigenvalue weighted by Crippen LogP contribution is -2.20. The third-order valence-electron chi connectivity index (χ3n) is 4.13. The average Bonchev–Trinajstić information content (AvgIpc) is 3.21. The Balaban J connectivity index is 1.61. The maximum absolute atomic E-state index is 12.4. The van der Waals surface area contributed by atoms with Gasteiger partial charge in [0.25, 0.3) is 5.91 Å². The van der Waals surface area contributed by atoms with Crippen molar-refractivity contribution in [2.45, 2.75) is 27.3 Å². The fourth-order valence-electron chi connectivity index (χ4n) is 2.80. The van der Waals surface area contributed by atoms with E-state index in [9.17, 15) is 14.4 Å². The molecule has 0 bridgehead atoms. The molecule has 0 unspecified atom stereocenters. The minimum Gasteiger partial charge on any atom is -0.451 e. The quantitative estimate of drug-likeness (QED) is 0.577. The number of nitrogens with two attached hydrogens (primary N) is 1. The molecule has 0 spiro atoms. The van der Waals surface area contributed by atoms with Crippen LogP contribution in [-0.4, -0.2) is 34.2 Å². The zero-order chi connectivity index (χ0) is 21.1. The van der Waals surface area contributed by atoms with E-state index in [4.69, 9.17) is 10.5 Å². The van der Waals surface area contributed by atoms with Crippen molar-refractivity contribution in [1.82, 2.24) is 9.78 Å². The highest BCUT2D eigenvalue weighted by Crippen LogP contribution is 2.29. The van der Waals surface area contributed by atoms with Crippen molar-refractivity contribution in [3.63, 3.8) is 0 Å². The molecule has 3 aromatic rings. The third kappa shape index (κ3) is 4.80. The van der Waals surface area contributed by atoms with Crippen LogP contribution in [0.1, 0.15) is 39.6 Å². The lowest BCUT2D eigenvalue weighted by Gasteiger charge is -2.06. The number of aryl methyl sites for hydroxylation is 1. The standard InChI is InChI=1S/C20H22N4O4S/c1-11(2)9-24-19-15(12(3)23-24)8-16(29-19)20(27)28-10-17(25)22-14-6-4-13(5-7-14)18(21)26/h4-8,11H,9-10H2,1-3H3,(H2,21,26)(H,22,25). The molecule has 8 nitrogen and oxygen atoms in total. The first kappa shape index (κ1) is 20.5. The molecular formula is C20H22N4O4S. The number of anilines is 1. The van der Waals surface area contributed by atoms with Gasteiger partial charge in [-0.05, 0) is 43.2 Å². The number of carbonyl (C=O) groups excluding carboxylic acids is 3. The SMILES string of the molecule is Cc1nn(CC(C)C)c2sc(C(=O)OCC(=O)Nc3ccc(C(N)=O)cc3)cc12. The Morgan fingerprint density at radius 3 is 2.55 bits per heavy atom. The maximum atomic E-state index is 12.4. The van der Waals surface area contributed by atoms with E-state index in [0.29, 0.717) is 22.0 Å². The first-order valence-corrected chi connectivity index (χ1v) is 9.90. The van der Waals surface area contributed by atoms with Crippen LogP contribution in [0.4, 0.5) is 5.69 Å². The molecule has 9 heteroatoms. The van der Waals surface area contributed by atoms with E-state index in [1.807, 2.05) is 11.6 Å². The zero-order valence-corrected chi connectivity index (χ0v) is 17.2. The Labute approximate surface area is 171 Å². The summed E-state index contributed by atoms with van der Waals surface area (Å²) in [4.78, 5) is 36.8. The number of nitrogens with zero attached hydrogens (tertiary/aromatic N) is 2. The van der Waals surface area contributed by atoms with Gasteiger partial charge in [-0.2, -0.15) is 5.10 Å². The predicted octanol–water partition coefficient (Wildman–Crippen LogP) is 2.96. The average molecular weight is 414 g/mol. The van der Waals surface area contributed by atoms with E-state index in [2.05, 4.69) is 24.3 Å². The van der Waals surface area contributed by atoms with Gasteiger partial charge in [0.15, 0.2) is 6.61 Å². The summed E-state index contributed by atoms with van der Waals surface area (Å²) in [6.45, 7) is 6.45. The van der Waals surface area contributed by atoms with Gasteiger partial charge in [0, 0.05) is 23.2 Å². The lowest BCUT2D eigenvalue weighted by atomic mass is 10.2. The Hall–Kier alpha value is -3.20. The van der Waals surface area contributed by atoms with Crippen LogP contribution in [-0.2, 0) is 16.1 Å². The number of rotatable bonds is 7. The lowest BCUT2D eigenvalue weighted by molar-refractivity contribution is -0.119. The van der Waals surface area contributed by atoms with Crippen molar-refractivity contribution < 1.29 is 19.1 Å². The summed E-state index contributed by atoms with van der Waals surface area (Å²) in [7, 11) is 0. The van der Waals surface area contributed by atoms with Gasteiger partial charge in [-0.25, -0.2) is 4.79 Å². The van der Waals surface area contributed by atoms with Crippen LogP contribution in [0.15, 0.2) is 30.3 Å². The number of aromatic nitrogens is 2. The van der Waals surface area contributed by atoms with Gasteiger partial charge in [0.2, 0.25) is 5.91 Å². The molecule has 152 valence electrons. The minimum atomic E-state index is -0.555. The van der Waals surface area contributed by atoms with Crippen LogP contribution >= 0.6 is 11.3 Å². The fraction of sp³-hybridized carbons (Fsp3) is 0.300. The van der Waals surface area contributed by atoms with Crippen LogP contribution in [0.3, 0.4) is 0 Å². The highest BCUT2D eigenvalue weighted by atomic mass is 32.1. The van der Waals surface area contributed by atoms with Crippen LogP contribution in [0, 0.1) is 12.8 Å². The van der Waals surface area contributed by atoms with Gasteiger partial charge >= 0.3 is 5.97 Å². The minimum absolute atomic E-state index is 0.338. The van der Waals surface area contributed by atoms with E-state index < -0.39 is 24.4 Å². The van der Waals surface area contributed by atoms with Gasteiger partial charge in [-0.3, -0.25) is 14.3 Å². The van der Waals surface area contributed by atoms with Gasteiger partial charge in [-0.1, -0.05) is 13.8 Å². The second-order valence-corrected chi connectivity index (χ2v) is 8.09. The van der Waals surface area contributed by atoms with Crippen molar-refractivity contribution in [3.05, 3.63) is 46.5 Å². The largest absolute Gasteiger partial charge is 0.451 e. The predicted molar refractivity (Wildman–Crippen MR) is 111 cm³/mol. The van der Waals surface area contributed by atoms with E-state index in [-0.39, 0.29) is 0 Å². The molecule has 0 saturated heterocycles. The van der Waals surface area contributed by atoms with Gasteiger partial charge in [0.05, 0.1) is 5.69 Å². The molecule has 0 atom stereocenters. The molecule has 3 rings (SSSR count). The monoisotopic (exact) mass is 414 g/mol. The summed E-state index contributed by atoms with van der Waals surface area (Å²) in [5.41, 5.74) is 6.84. The van der Waals surface area contributed by atoms with Gasteiger partial charge in [0.1, 0.15) is 9.71 Å². The van der Waals surface area contributed by atoms with Crippen LogP contribution in [0.2, 0.25) is 0 Å². The highest BCUT2D eigenvalue weighted by Gasteiger charge is 2.18. The summed E-state index contributed by atoms with van der Waals surface area (Å²) in [6.07, 6.45) is 0. The first-order chi connectivity index (χ1) is 13.7. The van der Waals surface area contributed by atoms with Crippen LogP contribution in [0.25, 0.3) is 10.2 Å². The molecule has 0 aliphatic rings. The van der Waals surface area contributed by atoms with Crippen molar-refractivity contribution >= 4 is 45.0 Å². The Bertz CT molecular complexity index is 1070. The number of amides is 2. The fourth-order valence-corrected chi connectivity index (χ4v) is 3.86. The van der Waals surface area contributed by atoms with Crippen molar-refractivity contribution in [3.8, 4) is 0 Å². The van der Waals surface area contributed by atoms with E-state index in [1.54, 1.807) is 18.2 Å². The highest BCUT2D eigenvalue weighted by molar-refractivity contribution is 7.20. The normalized spacial score (nSPS) is 11.0. The number of fused-ring (bicyclic) bond motifs is 1. The van der Waals surface area contributed by atoms with Crippen molar-refractivity contribution in [1.29, 1.82) is 0 Å². The second-order valence-electron chi connectivity index (χ2n) is 7.06. The van der Waals surface area contributed by atoms with Crippen molar-refractivity contribution in [2.24, 2.45) is 11.7 Å². The first-order valence-electron chi connectivity index (χ1n) is 9.08. The number of primary amides is 1.